The molecule has 2 aliphatic heterocycles. The van der Waals surface area contributed by atoms with Gasteiger partial charge in [-0.1, -0.05) is 29.8 Å². The molecule has 10 heteroatoms. The zero-order valence-electron chi connectivity index (χ0n) is 22.3. The molecule has 0 bridgehead atoms. The first-order valence-corrected chi connectivity index (χ1v) is 15.5. The fourth-order valence-corrected chi connectivity index (χ4v) is 8.88. The summed E-state index contributed by atoms with van der Waals surface area (Å²) in [5.74, 6) is -4.16. The van der Waals surface area contributed by atoms with Gasteiger partial charge in [0.2, 0.25) is 23.6 Å². The molecule has 6 atom stereocenters. The van der Waals surface area contributed by atoms with E-state index in [-0.39, 0.29) is 42.5 Å². The summed E-state index contributed by atoms with van der Waals surface area (Å²) < 4.78 is 5.66. The fourth-order valence-electron chi connectivity index (χ4n) is 7.49. The van der Waals surface area contributed by atoms with E-state index in [4.69, 9.17) is 4.74 Å². The third kappa shape index (κ3) is 3.99. The zero-order valence-corrected chi connectivity index (χ0v) is 23.9. The van der Waals surface area contributed by atoms with Crippen molar-refractivity contribution in [2.75, 3.05) is 7.11 Å². The van der Waals surface area contributed by atoms with Crippen molar-refractivity contribution < 1.29 is 29.0 Å². The highest BCUT2D eigenvalue weighted by Gasteiger charge is 2.62. The lowest BCUT2D eigenvalue weighted by Gasteiger charge is -2.44. The van der Waals surface area contributed by atoms with Gasteiger partial charge in [-0.2, -0.15) is 0 Å². The Morgan fingerprint density at radius 3 is 2.05 bits per heavy atom. The SMILES string of the molecule is COc1cccc(O)c1C1C2=CCC3C(=O)N(Cc4cccs4)C(=O)C3C2CC2C(=O)N(Cc3cccs3)C(=O)C21. The number of carbonyl (C=O) groups is 4. The Morgan fingerprint density at radius 2 is 1.44 bits per heavy atom. The quantitative estimate of drug-likeness (QED) is 0.335. The topological polar surface area (TPSA) is 104 Å². The maximum Gasteiger partial charge on any atom is 0.234 e. The van der Waals surface area contributed by atoms with E-state index in [1.165, 1.54) is 39.6 Å². The molecule has 6 unspecified atom stereocenters. The van der Waals surface area contributed by atoms with E-state index in [1.807, 2.05) is 41.1 Å². The molecule has 0 radical (unpaired) electrons. The maximum atomic E-state index is 14.1. The van der Waals surface area contributed by atoms with Crippen LogP contribution in [-0.2, 0) is 32.3 Å². The van der Waals surface area contributed by atoms with Gasteiger partial charge in [0, 0.05) is 21.2 Å². The second-order valence-electron chi connectivity index (χ2n) is 11.1. The number of phenols is 1. The summed E-state index contributed by atoms with van der Waals surface area (Å²) in [6, 6.07) is 12.6. The van der Waals surface area contributed by atoms with Crippen LogP contribution in [-0.4, -0.2) is 45.6 Å². The molecule has 4 heterocycles. The monoisotopic (exact) mass is 588 g/mol. The van der Waals surface area contributed by atoms with Crippen LogP contribution in [0.2, 0.25) is 0 Å². The average molecular weight is 589 g/mol. The van der Waals surface area contributed by atoms with Crippen LogP contribution >= 0.6 is 22.7 Å². The van der Waals surface area contributed by atoms with Crippen molar-refractivity contribution >= 4 is 46.3 Å². The van der Waals surface area contributed by atoms with Gasteiger partial charge in [0.25, 0.3) is 0 Å². The Morgan fingerprint density at radius 1 is 0.805 bits per heavy atom. The van der Waals surface area contributed by atoms with E-state index in [9.17, 15) is 24.3 Å². The Labute approximate surface area is 244 Å². The summed E-state index contributed by atoms with van der Waals surface area (Å²) in [6.07, 6.45) is 2.66. The minimum absolute atomic E-state index is 0.0260. The standard InChI is InChI=1S/C31H28N2O6S2/c1-39-23-8-2-7-22(34)27(23)25-18-9-10-19-24(30(37)32(28(19)35)14-16-5-3-11-40-16)20(18)13-21-26(25)31(38)33(29(21)36)15-17-6-4-12-41-17/h2-9,11-12,19-21,24-26,34H,10,13-15H2,1H3. The Bertz CT molecular complexity index is 1580. The average Bonchev–Trinajstić information content (AvgIpc) is 3.77. The number of thiophene rings is 2. The largest absolute Gasteiger partial charge is 0.508 e. The van der Waals surface area contributed by atoms with Crippen molar-refractivity contribution in [3.05, 3.63) is 80.2 Å². The second-order valence-corrected chi connectivity index (χ2v) is 13.2. The van der Waals surface area contributed by atoms with Gasteiger partial charge in [-0.15, -0.1) is 22.7 Å². The Kier molecular flexibility index (Phi) is 6.35. The van der Waals surface area contributed by atoms with Crippen molar-refractivity contribution in [1.29, 1.82) is 0 Å². The smallest absolute Gasteiger partial charge is 0.234 e. The van der Waals surface area contributed by atoms with Crippen LogP contribution in [0.25, 0.3) is 0 Å². The molecule has 2 aliphatic carbocycles. The molecule has 4 aliphatic rings. The predicted octanol–water partition coefficient (Wildman–Crippen LogP) is 4.56. The number of methoxy groups -OCH3 is 1. The van der Waals surface area contributed by atoms with E-state index < -0.39 is 35.5 Å². The van der Waals surface area contributed by atoms with E-state index in [1.54, 1.807) is 18.2 Å². The maximum absolute atomic E-state index is 14.1. The highest BCUT2D eigenvalue weighted by molar-refractivity contribution is 7.10. The molecule has 4 amide bonds. The number of rotatable bonds is 6. The summed E-state index contributed by atoms with van der Waals surface area (Å²) in [6.45, 7) is 0.425. The second kappa shape index (κ2) is 9.95. The third-order valence-corrected chi connectivity index (χ3v) is 10.9. The number of benzene rings is 1. The van der Waals surface area contributed by atoms with Crippen molar-refractivity contribution in [2.45, 2.75) is 31.8 Å². The molecule has 8 nitrogen and oxygen atoms in total. The van der Waals surface area contributed by atoms with Gasteiger partial charge in [-0.25, -0.2) is 0 Å². The summed E-state index contributed by atoms with van der Waals surface area (Å²) in [4.78, 5) is 59.9. The molecule has 1 N–H and O–H groups in total. The van der Waals surface area contributed by atoms with Crippen molar-refractivity contribution in [3.63, 3.8) is 0 Å². The molecule has 41 heavy (non-hydrogen) atoms. The first-order chi connectivity index (χ1) is 19.9. The van der Waals surface area contributed by atoms with Gasteiger partial charge in [0.15, 0.2) is 0 Å². The van der Waals surface area contributed by atoms with Crippen LogP contribution < -0.4 is 4.74 Å². The third-order valence-electron chi connectivity index (χ3n) is 9.19. The number of allylic oxidation sites excluding steroid dienone is 2. The number of nitrogens with zero attached hydrogens (tertiary/aromatic N) is 2. The summed E-state index contributed by atoms with van der Waals surface area (Å²) >= 11 is 2.98. The molecule has 210 valence electrons. The fraction of sp³-hybridized carbons (Fsp3) is 0.355. The van der Waals surface area contributed by atoms with E-state index in [0.717, 1.165) is 15.3 Å². The molecule has 1 saturated carbocycles. The Hall–Kier alpha value is -3.76. The van der Waals surface area contributed by atoms with Gasteiger partial charge in [0.1, 0.15) is 11.5 Å². The number of imide groups is 2. The van der Waals surface area contributed by atoms with Crippen molar-refractivity contribution in [3.8, 4) is 11.5 Å². The van der Waals surface area contributed by atoms with E-state index in [2.05, 4.69) is 0 Å². The summed E-state index contributed by atoms with van der Waals surface area (Å²) in [7, 11) is 1.51. The van der Waals surface area contributed by atoms with Crippen LogP contribution in [0.5, 0.6) is 11.5 Å². The molecule has 3 fully saturated rings. The highest BCUT2D eigenvalue weighted by Crippen LogP contribution is 2.60. The first-order valence-electron chi connectivity index (χ1n) is 13.7. The molecular weight excluding hydrogens is 560 g/mol. The number of phenolic OH excluding ortho intramolecular Hbond substituents is 1. The van der Waals surface area contributed by atoms with Gasteiger partial charge in [-0.05, 0) is 53.8 Å². The van der Waals surface area contributed by atoms with Gasteiger partial charge >= 0.3 is 0 Å². The number of hydrogen-bond donors (Lipinski definition) is 1. The molecule has 2 aromatic heterocycles. The lowest BCUT2D eigenvalue weighted by atomic mass is 9.57. The first kappa shape index (κ1) is 26.2. The number of likely N-dealkylation sites (tertiary alicyclic amines) is 2. The minimum atomic E-state index is -0.738. The molecular formula is C31H28N2O6S2. The van der Waals surface area contributed by atoms with Gasteiger partial charge < -0.3 is 9.84 Å². The van der Waals surface area contributed by atoms with Crippen LogP contribution in [0.15, 0.2) is 64.9 Å². The minimum Gasteiger partial charge on any atom is -0.508 e. The number of ether oxygens (including phenoxy) is 1. The van der Waals surface area contributed by atoms with Gasteiger partial charge in [0.05, 0.1) is 43.9 Å². The van der Waals surface area contributed by atoms with Crippen LogP contribution in [0.3, 0.4) is 0 Å². The van der Waals surface area contributed by atoms with Crippen LogP contribution in [0.1, 0.15) is 34.1 Å². The molecule has 3 aromatic rings. The lowest BCUT2D eigenvalue weighted by Crippen LogP contribution is -2.43. The zero-order chi connectivity index (χ0) is 28.4. The number of fused-ring (bicyclic) bond motifs is 4. The molecule has 0 spiro atoms. The van der Waals surface area contributed by atoms with Crippen LogP contribution in [0, 0.1) is 29.6 Å². The molecule has 7 rings (SSSR count). The van der Waals surface area contributed by atoms with Crippen molar-refractivity contribution in [1.82, 2.24) is 9.80 Å². The van der Waals surface area contributed by atoms with Crippen molar-refractivity contribution in [2.24, 2.45) is 29.6 Å². The number of amides is 4. The number of hydrogen-bond acceptors (Lipinski definition) is 8. The number of carbonyl (C=O) groups excluding carboxylic acids is 4. The van der Waals surface area contributed by atoms with Gasteiger partial charge in [-0.3, -0.25) is 29.0 Å². The lowest BCUT2D eigenvalue weighted by molar-refractivity contribution is -0.142. The summed E-state index contributed by atoms with van der Waals surface area (Å²) in [5, 5.41) is 15.0. The number of aromatic hydroxyl groups is 1. The van der Waals surface area contributed by atoms with E-state index >= 15 is 0 Å². The molecule has 2 saturated heterocycles. The Balaban J connectivity index is 1.32. The predicted molar refractivity (Wildman–Crippen MR) is 152 cm³/mol. The van der Waals surface area contributed by atoms with Crippen LogP contribution in [0.4, 0.5) is 0 Å². The van der Waals surface area contributed by atoms with E-state index in [0.29, 0.717) is 24.2 Å². The molecule has 1 aromatic carbocycles. The highest BCUT2D eigenvalue weighted by atomic mass is 32.1. The summed E-state index contributed by atoms with van der Waals surface area (Å²) in [5.41, 5.74) is 1.29. The normalized spacial score (nSPS) is 29.0.